The number of unbranched alkanes of at least 4 members (excludes halogenated alkanes) is 1. The molecule has 0 aromatic heterocycles. The molecule has 2 nitrogen and oxygen atoms in total. The summed E-state index contributed by atoms with van der Waals surface area (Å²) in [6, 6.07) is 0. The summed E-state index contributed by atoms with van der Waals surface area (Å²) in [5.74, 6) is 0. The van der Waals surface area contributed by atoms with Gasteiger partial charge in [-0.2, -0.15) is 0 Å². The van der Waals surface area contributed by atoms with Crippen molar-refractivity contribution in [2.75, 3.05) is 6.61 Å². The van der Waals surface area contributed by atoms with Crippen LogP contribution in [0.3, 0.4) is 0 Å². The number of aliphatic hydroxyl groups is 2. The van der Waals surface area contributed by atoms with Crippen LogP contribution in [0, 0.1) is 0 Å². The molecule has 10 heavy (non-hydrogen) atoms. The Balaban J connectivity index is 3.31. The summed E-state index contributed by atoms with van der Waals surface area (Å²) in [5.41, 5.74) is 0. The highest BCUT2D eigenvalue weighted by Gasteiger charge is 2.15. The molecule has 0 bridgehead atoms. The van der Waals surface area contributed by atoms with Gasteiger partial charge in [0.05, 0.1) is 6.61 Å². The van der Waals surface area contributed by atoms with E-state index < -0.39 is 18.9 Å². The van der Waals surface area contributed by atoms with Crippen LogP contribution in [-0.2, 0) is 0 Å². The third-order valence-electron chi connectivity index (χ3n) is 1.44. The van der Waals surface area contributed by atoms with Crippen molar-refractivity contribution < 1.29 is 14.6 Å². The van der Waals surface area contributed by atoms with Crippen molar-refractivity contribution in [2.24, 2.45) is 0 Å². The summed E-state index contributed by atoms with van der Waals surface area (Å²) in [5, 5.41) is 17.0. The van der Waals surface area contributed by atoms with Crippen LogP contribution in [0.4, 0.5) is 4.39 Å². The van der Waals surface area contributed by atoms with E-state index in [0.717, 1.165) is 12.8 Å². The van der Waals surface area contributed by atoms with Crippen molar-refractivity contribution in [3.63, 3.8) is 0 Å². The molecule has 0 aliphatic rings. The predicted octanol–water partition coefficient (Wildman–Crippen LogP) is 0.868. The van der Waals surface area contributed by atoms with Gasteiger partial charge in [0.2, 0.25) is 0 Å². The number of hydrogen-bond acceptors (Lipinski definition) is 2. The van der Waals surface area contributed by atoms with Crippen LogP contribution in [0.1, 0.15) is 26.2 Å². The molecule has 2 N–H and O–H groups in total. The quantitative estimate of drug-likeness (QED) is 0.610. The minimum Gasteiger partial charge on any atom is -0.394 e. The molecule has 2 atom stereocenters. The molecule has 0 aromatic carbocycles. The standard InChI is InChI=1S/C7H15FO2/c1-2-3-4-6(8)7(10)5-9/h6-7,9-10H,2-5H2,1H3. The fourth-order valence-corrected chi connectivity index (χ4v) is 0.706. The molecule has 0 aromatic rings. The first-order valence-electron chi connectivity index (χ1n) is 3.65. The van der Waals surface area contributed by atoms with E-state index in [0.29, 0.717) is 6.42 Å². The summed E-state index contributed by atoms with van der Waals surface area (Å²) in [6.07, 6.45) is -0.425. The summed E-state index contributed by atoms with van der Waals surface area (Å²) >= 11 is 0. The summed E-state index contributed by atoms with van der Waals surface area (Å²) < 4.78 is 12.6. The maximum Gasteiger partial charge on any atom is 0.128 e. The van der Waals surface area contributed by atoms with Crippen molar-refractivity contribution in [1.29, 1.82) is 0 Å². The monoisotopic (exact) mass is 150 g/mol. The van der Waals surface area contributed by atoms with Gasteiger partial charge in [-0.3, -0.25) is 0 Å². The van der Waals surface area contributed by atoms with E-state index in [1.807, 2.05) is 6.92 Å². The molecule has 0 amide bonds. The third-order valence-corrected chi connectivity index (χ3v) is 1.44. The highest BCUT2D eigenvalue weighted by Crippen LogP contribution is 2.08. The molecule has 0 rings (SSSR count). The molecule has 0 saturated carbocycles. The Hall–Kier alpha value is -0.150. The van der Waals surface area contributed by atoms with Crippen LogP contribution in [0.5, 0.6) is 0 Å². The Morgan fingerprint density at radius 3 is 2.50 bits per heavy atom. The third kappa shape index (κ3) is 3.80. The Morgan fingerprint density at radius 2 is 2.10 bits per heavy atom. The zero-order valence-corrected chi connectivity index (χ0v) is 6.26. The fraction of sp³-hybridized carbons (Fsp3) is 1.00. The van der Waals surface area contributed by atoms with Gasteiger partial charge in [-0.05, 0) is 6.42 Å². The minimum atomic E-state index is -1.26. The van der Waals surface area contributed by atoms with Crippen molar-refractivity contribution >= 4 is 0 Å². The summed E-state index contributed by atoms with van der Waals surface area (Å²) in [6.45, 7) is 1.48. The highest BCUT2D eigenvalue weighted by atomic mass is 19.1. The first-order valence-corrected chi connectivity index (χ1v) is 3.65. The molecule has 62 valence electrons. The second-order valence-corrected chi connectivity index (χ2v) is 2.41. The maximum atomic E-state index is 12.6. The zero-order chi connectivity index (χ0) is 7.98. The van der Waals surface area contributed by atoms with Crippen molar-refractivity contribution in [2.45, 2.75) is 38.5 Å². The molecular formula is C7H15FO2. The Labute approximate surface area is 60.7 Å². The van der Waals surface area contributed by atoms with Crippen LogP contribution in [0.15, 0.2) is 0 Å². The largest absolute Gasteiger partial charge is 0.394 e. The molecule has 0 aliphatic carbocycles. The summed E-state index contributed by atoms with van der Waals surface area (Å²) in [7, 11) is 0. The number of halogens is 1. The first kappa shape index (κ1) is 9.85. The highest BCUT2D eigenvalue weighted by molar-refractivity contribution is 4.65. The number of alkyl halides is 1. The SMILES string of the molecule is CCCCC(F)C(O)CO. The van der Waals surface area contributed by atoms with Gasteiger partial charge in [0.15, 0.2) is 0 Å². The Morgan fingerprint density at radius 1 is 1.50 bits per heavy atom. The van der Waals surface area contributed by atoms with Crippen LogP contribution >= 0.6 is 0 Å². The molecule has 0 heterocycles. The molecule has 0 aliphatic heterocycles. The average Bonchev–Trinajstić information content (AvgIpc) is 1.98. The maximum absolute atomic E-state index is 12.6. The predicted molar refractivity (Wildman–Crippen MR) is 37.5 cm³/mol. The molecule has 0 saturated heterocycles. The van der Waals surface area contributed by atoms with E-state index in [4.69, 9.17) is 10.2 Å². The normalized spacial score (nSPS) is 16.8. The average molecular weight is 150 g/mol. The second-order valence-electron chi connectivity index (χ2n) is 2.41. The lowest BCUT2D eigenvalue weighted by atomic mass is 10.1. The molecular weight excluding hydrogens is 135 g/mol. The van der Waals surface area contributed by atoms with Gasteiger partial charge >= 0.3 is 0 Å². The minimum absolute atomic E-state index is 0.345. The van der Waals surface area contributed by atoms with Crippen LogP contribution in [0.25, 0.3) is 0 Å². The van der Waals surface area contributed by atoms with Crippen LogP contribution < -0.4 is 0 Å². The van der Waals surface area contributed by atoms with E-state index in [2.05, 4.69) is 0 Å². The van der Waals surface area contributed by atoms with E-state index in [-0.39, 0.29) is 0 Å². The molecule has 0 radical (unpaired) electrons. The van der Waals surface area contributed by atoms with Gasteiger partial charge in [-0.25, -0.2) is 4.39 Å². The lowest BCUT2D eigenvalue weighted by Crippen LogP contribution is -2.25. The summed E-state index contributed by atoms with van der Waals surface area (Å²) in [4.78, 5) is 0. The van der Waals surface area contributed by atoms with Crippen molar-refractivity contribution in [1.82, 2.24) is 0 Å². The van der Waals surface area contributed by atoms with Gasteiger partial charge in [0.25, 0.3) is 0 Å². The van der Waals surface area contributed by atoms with E-state index in [9.17, 15) is 4.39 Å². The van der Waals surface area contributed by atoms with Crippen LogP contribution in [0.2, 0.25) is 0 Å². The Bertz CT molecular complexity index is 78.0. The van der Waals surface area contributed by atoms with Crippen LogP contribution in [-0.4, -0.2) is 29.1 Å². The smallest absolute Gasteiger partial charge is 0.128 e. The second kappa shape index (κ2) is 5.62. The lowest BCUT2D eigenvalue weighted by Gasteiger charge is -2.11. The van der Waals surface area contributed by atoms with Gasteiger partial charge in [-0.15, -0.1) is 0 Å². The number of rotatable bonds is 5. The molecule has 2 unspecified atom stereocenters. The van der Waals surface area contributed by atoms with Crippen molar-refractivity contribution in [3.8, 4) is 0 Å². The Kier molecular flexibility index (Phi) is 5.54. The number of hydrogen-bond donors (Lipinski definition) is 2. The van der Waals surface area contributed by atoms with Gasteiger partial charge in [0, 0.05) is 0 Å². The molecule has 3 heteroatoms. The zero-order valence-electron chi connectivity index (χ0n) is 6.26. The van der Waals surface area contributed by atoms with Gasteiger partial charge < -0.3 is 10.2 Å². The first-order chi connectivity index (χ1) is 4.72. The van der Waals surface area contributed by atoms with E-state index in [1.165, 1.54) is 0 Å². The molecule has 0 fully saturated rings. The molecule has 0 spiro atoms. The van der Waals surface area contributed by atoms with Crippen molar-refractivity contribution in [3.05, 3.63) is 0 Å². The van der Waals surface area contributed by atoms with Gasteiger partial charge in [-0.1, -0.05) is 19.8 Å². The van der Waals surface area contributed by atoms with E-state index in [1.54, 1.807) is 0 Å². The fourth-order valence-electron chi connectivity index (χ4n) is 0.706. The van der Waals surface area contributed by atoms with Gasteiger partial charge in [0.1, 0.15) is 12.3 Å². The topological polar surface area (TPSA) is 40.5 Å². The number of aliphatic hydroxyl groups excluding tert-OH is 2. The van der Waals surface area contributed by atoms with E-state index >= 15 is 0 Å². The lowest BCUT2D eigenvalue weighted by molar-refractivity contribution is 0.0244.